The number of aromatic nitrogens is 5. The van der Waals surface area contributed by atoms with Gasteiger partial charge in [0.2, 0.25) is 23.6 Å². The van der Waals surface area contributed by atoms with Crippen molar-refractivity contribution < 1.29 is 27.8 Å². The van der Waals surface area contributed by atoms with Crippen LogP contribution in [0.4, 0.5) is 20.7 Å². The monoisotopic (exact) mass is 617 g/mol. The standard InChI is InChI=1S/C20H15ClF2IN7O4/c21-9-2-1-3-10(8(4-9)7-24)16(32)28-19-27-15(30-31-19)17(33)29-18-25-11-5-13-14(6-12(11)26-18)35-20(22,23)34-13/h1-3,5-6,8,10H,4,7H2,(H2,25,26,29,33)(H2,27,28,30,31,32). The van der Waals surface area contributed by atoms with Gasteiger partial charge in [-0.3, -0.25) is 25.3 Å². The lowest BCUT2D eigenvalue weighted by Crippen LogP contribution is -2.29. The van der Waals surface area contributed by atoms with Gasteiger partial charge < -0.3 is 14.5 Å². The zero-order chi connectivity index (χ0) is 24.7. The van der Waals surface area contributed by atoms with E-state index in [1.165, 1.54) is 12.1 Å². The Bertz CT molecular complexity index is 1340. The quantitative estimate of drug-likeness (QED) is 0.251. The highest BCUT2D eigenvalue weighted by molar-refractivity contribution is 14.1. The lowest BCUT2D eigenvalue weighted by Gasteiger charge is -2.20. The Morgan fingerprint density at radius 1 is 1.23 bits per heavy atom. The Morgan fingerprint density at radius 3 is 2.77 bits per heavy atom. The first-order chi connectivity index (χ1) is 16.7. The van der Waals surface area contributed by atoms with Gasteiger partial charge in [0.25, 0.3) is 5.91 Å². The number of amides is 2. The number of alkyl halides is 3. The predicted molar refractivity (Wildman–Crippen MR) is 129 cm³/mol. The number of anilines is 2. The number of carbonyl (C=O) groups is 2. The van der Waals surface area contributed by atoms with Crippen molar-refractivity contribution in [2.45, 2.75) is 12.7 Å². The molecule has 2 aromatic heterocycles. The second kappa shape index (κ2) is 9.07. The van der Waals surface area contributed by atoms with Crippen molar-refractivity contribution in [3.05, 3.63) is 41.2 Å². The number of aromatic amines is 2. The van der Waals surface area contributed by atoms with Crippen LogP contribution in [0.1, 0.15) is 17.0 Å². The fourth-order valence-electron chi connectivity index (χ4n) is 3.63. The maximum atomic E-state index is 13.2. The second-order valence-electron chi connectivity index (χ2n) is 7.66. The number of halogens is 4. The van der Waals surface area contributed by atoms with Gasteiger partial charge in [-0.05, 0) is 18.4 Å². The summed E-state index contributed by atoms with van der Waals surface area (Å²) in [5.41, 5.74) is 0.600. The van der Waals surface area contributed by atoms with Gasteiger partial charge in [0.15, 0.2) is 11.5 Å². The summed E-state index contributed by atoms with van der Waals surface area (Å²) in [5.74, 6) is -2.02. The minimum Gasteiger partial charge on any atom is -0.395 e. The van der Waals surface area contributed by atoms with Crippen LogP contribution in [0, 0.1) is 11.8 Å². The molecular weight excluding hydrogens is 603 g/mol. The minimum atomic E-state index is -3.74. The van der Waals surface area contributed by atoms with Crippen LogP contribution in [0.3, 0.4) is 0 Å². The third-order valence-electron chi connectivity index (χ3n) is 5.23. The SMILES string of the molecule is O=C(Nc1nc2cc3c(cc2[nH]1)OC(F)(F)O3)c1nc(NC(=O)C2C=CC=C(Cl)CC2CI)n[nH]1. The number of nitrogens with zero attached hydrogens (tertiary/aromatic N) is 3. The maximum Gasteiger partial charge on any atom is 0.586 e. The number of allylic oxidation sites excluding steroid dienone is 3. The number of rotatable bonds is 5. The topological polar surface area (TPSA) is 147 Å². The number of hydrogen-bond acceptors (Lipinski definition) is 7. The van der Waals surface area contributed by atoms with E-state index in [9.17, 15) is 18.4 Å². The van der Waals surface area contributed by atoms with Gasteiger partial charge in [-0.1, -0.05) is 46.3 Å². The fourth-order valence-corrected chi connectivity index (χ4v) is 4.76. The van der Waals surface area contributed by atoms with Crippen molar-refractivity contribution in [2.24, 2.45) is 11.8 Å². The first-order valence-electron chi connectivity index (χ1n) is 10.1. The molecular formula is C20H15ClF2IN7O4. The molecule has 2 amide bonds. The Morgan fingerprint density at radius 2 is 2.00 bits per heavy atom. The molecule has 3 heterocycles. The first kappa shape index (κ1) is 23.5. The molecule has 1 aromatic carbocycles. The van der Waals surface area contributed by atoms with Crippen molar-refractivity contribution in [1.82, 2.24) is 25.1 Å². The molecule has 15 heteroatoms. The number of benzene rings is 1. The second-order valence-corrected chi connectivity index (χ2v) is 9.03. The van der Waals surface area contributed by atoms with Crippen LogP contribution >= 0.6 is 34.2 Å². The number of nitrogens with one attached hydrogen (secondary N) is 4. The summed E-state index contributed by atoms with van der Waals surface area (Å²) < 4.78 is 35.9. The average molecular weight is 618 g/mol. The Balaban J connectivity index is 1.25. The van der Waals surface area contributed by atoms with E-state index in [4.69, 9.17) is 11.6 Å². The Kier molecular flexibility index (Phi) is 6.08. The maximum absolute atomic E-state index is 13.2. The summed E-state index contributed by atoms with van der Waals surface area (Å²) in [4.78, 5) is 36.3. The number of hydrogen-bond donors (Lipinski definition) is 4. The van der Waals surface area contributed by atoms with Gasteiger partial charge in [0.1, 0.15) is 0 Å². The van der Waals surface area contributed by atoms with Gasteiger partial charge in [-0.25, -0.2) is 4.98 Å². The fraction of sp³-hybridized carbons (Fsp3) is 0.250. The summed E-state index contributed by atoms with van der Waals surface area (Å²) in [6.07, 6.45) is 2.08. The molecule has 0 radical (unpaired) electrons. The summed E-state index contributed by atoms with van der Waals surface area (Å²) in [5, 5.41) is 12.1. The molecule has 35 heavy (non-hydrogen) atoms. The van der Waals surface area contributed by atoms with Gasteiger partial charge in [-0.2, -0.15) is 4.98 Å². The largest absolute Gasteiger partial charge is 0.586 e. The summed E-state index contributed by atoms with van der Waals surface area (Å²) in [7, 11) is 0. The van der Waals surface area contributed by atoms with Crippen LogP contribution in [0.5, 0.6) is 11.5 Å². The van der Waals surface area contributed by atoms with Crippen molar-refractivity contribution in [1.29, 1.82) is 0 Å². The van der Waals surface area contributed by atoms with Gasteiger partial charge in [-0.15, -0.1) is 13.9 Å². The molecule has 0 spiro atoms. The van der Waals surface area contributed by atoms with E-state index in [1.807, 2.05) is 0 Å². The number of H-pyrrole nitrogens is 2. The van der Waals surface area contributed by atoms with E-state index in [-0.39, 0.29) is 46.6 Å². The van der Waals surface area contributed by atoms with Crippen molar-refractivity contribution in [3.63, 3.8) is 0 Å². The highest BCUT2D eigenvalue weighted by Crippen LogP contribution is 2.43. The first-order valence-corrected chi connectivity index (χ1v) is 12.0. The molecule has 4 N–H and O–H groups in total. The summed E-state index contributed by atoms with van der Waals surface area (Å²) >= 11 is 8.35. The molecule has 182 valence electrons. The third kappa shape index (κ3) is 4.93. The smallest absolute Gasteiger partial charge is 0.395 e. The van der Waals surface area contributed by atoms with Crippen LogP contribution in [-0.2, 0) is 4.79 Å². The molecule has 11 nitrogen and oxygen atoms in total. The summed E-state index contributed by atoms with van der Waals surface area (Å²) in [6, 6.07) is 2.54. The molecule has 5 rings (SSSR count). The van der Waals surface area contributed by atoms with Gasteiger partial charge >= 0.3 is 6.29 Å². The molecule has 2 aliphatic rings. The summed E-state index contributed by atoms with van der Waals surface area (Å²) in [6.45, 7) is 0. The van der Waals surface area contributed by atoms with Crippen molar-refractivity contribution in [2.75, 3.05) is 15.1 Å². The van der Waals surface area contributed by atoms with E-state index in [1.54, 1.807) is 18.2 Å². The number of ether oxygens (including phenoxy) is 2. The van der Waals surface area contributed by atoms with E-state index in [0.29, 0.717) is 21.4 Å². The zero-order valence-electron chi connectivity index (χ0n) is 17.4. The van der Waals surface area contributed by atoms with Crippen LogP contribution < -0.4 is 20.1 Å². The molecule has 1 aliphatic heterocycles. The zero-order valence-corrected chi connectivity index (χ0v) is 20.4. The van der Waals surface area contributed by atoms with Gasteiger partial charge in [0.05, 0.1) is 17.0 Å². The lowest BCUT2D eigenvalue weighted by molar-refractivity contribution is -0.286. The molecule has 2 atom stereocenters. The molecule has 0 bridgehead atoms. The van der Waals surface area contributed by atoms with Crippen molar-refractivity contribution >= 4 is 68.9 Å². The number of carbonyl (C=O) groups excluding carboxylic acids is 2. The Hall–Kier alpha value is -3.27. The van der Waals surface area contributed by atoms with E-state index in [2.05, 4.69) is 67.8 Å². The Labute approximate surface area is 213 Å². The third-order valence-corrected chi connectivity index (χ3v) is 6.65. The van der Waals surface area contributed by atoms with E-state index < -0.39 is 18.1 Å². The van der Waals surface area contributed by atoms with Crippen LogP contribution in [-0.4, -0.2) is 47.7 Å². The van der Waals surface area contributed by atoms with E-state index >= 15 is 0 Å². The highest BCUT2D eigenvalue weighted by atomic mass is 127. The highest BCUT2D eigenvalue weighted by Gasteiger charge is 2.43. The molecule has 2 unspecified atom stereocenters. The predicted octanol–water partition coefficient (Wildman–Crippen LogP) is 3.94. The lowest BCUT2D eigenvalue weighted by atomic mass is 9.91. The van der Waals surface area contributed by atoms with Crippen LogP contribution in [0.25, 0.3) is 11.0 Å². The van der Waals surface area contributed by atoms with Crippen molar-refractivity contribution in [3.8, 4) is 11.5 Å². The van der Waals surface area contributed by atoms with Gasteiger partial charge in [0, 0.05) is 21.6 Å². The molecule has 0 fully saturated rings. The molecule has 1 aliphatic carbocycles. The van der Waals surface area contributed by atoms with Crippen LogP contribution in [0.2, 0.25) is 0 Å². The van der Waals surface area contributed by atoms with Crippen LogP contribution in [0.15, 0.2) is 35.4 Å². The molecule has 3 aromatic rings. The normalized spacial score (nSPS) is 20.4. The van der Waals surface area contributed by atoms with E-state index in [0.717, 1.165) is 0 Å². The molecule has 0 saturated heterocycles. The number of imidazole rings is 1. The minimum absolute atomic E-state index is 0.00343. The average Bonchev–Trinajstić information content (AvgIpc) is 3.44. The number of fused-ring (bicyclic) bond motifs is 2. The molecule has 0 saturated carbocycles.